The van der Waals surface area contributed by atoms with Gasteiger partial charge >= 0.3 is 0 Å². The number of carbonyl (C=O) groups excluding carboxylic acids is 2. The molecular weight excluding hydrogens is 336 g/mol. The van der Waals surface area contributed by atoms with E-state index < -0.39 is 22.9 Å². The predicted octanol–water partition coefficient (Wildman–Crippen LogP) is 2.21. The van der Waals surface area contributed by atoms with E-state index in [-0.39, 0.29) is 40.2 Å². The first-order chi connectivity index (χ1) is 12.3. The number of phenols is 3. The Labute approximate surface area is 149 Å². The molecule has 2 aliphatic carbocycles. The van der Waals surface area contributed by atoms with Gasteiger partial charge in [0.05, 0.1) is 22.3 Å². The van der Waals surface area contributed by atoms with Gasteiger partial charge < -0.3 is 20.4 Å². The second kappa shape index (κ2) is 5.32. The van der Waals surface area contributed by atoms with E-state index >= 15 is 0 Å². The van der Waals surface area contributed by atoms with Crippen molar-refractivity contribution in [2.45, 2.75) is 38.2 Å². The number of hydrogen-bond donors (Lipinski definition) is 4. The molecule has 4 rings (SSSR count). The van der Waals surface area contributed by atoms with Gasteiger partial charge in [-0.3, -0.25) is 9.59 Å². The van der Waals surface area contributed by atoms with Crippen molar-refractivity contribution in [2.75, 3.05) is 0 Å². The number of aromatic hydroxyl groups is 3. The summed E-state index contributed by atoms with van der Waals surface area (Å²) in [6.45, 7) is 1.85. The van der Waals surface area contributed by atoms with Crippen LogP contribution in [-0.4, -0.2) is 37.6 Å². The highest BCUT2D eigenvalue weighted by Gasteiger charge is 2.40. The van der Waals surface area contributed by atoms with Crippen molar-refractivity contribution >= 4 is 11.6 Å². The number of aliphatic hydroxyl groups is 1. The van der Waals surface area contributed by atoms with Crippen LogP contribution in [0.1, 0.15) is 62.7 Å². The average molecular weight is 354 g/mol. The lowest BCUT2D eigenvalue weighted by atomic mass is 9.74. The van der Waals surface area contributed by atoms with Crippen LogP contribution in [0.25, 0.3) is 0 Å². The van der Waals surface area contributed by atoms with Gasteiger partial charge in [-0.2, -0.15) is 0 Å². The third kappa shape index (κ3) is 2.08. The van der Waals surface area contributed by atoms with Crippen LogP contribution in [-0.2, 0) is 12.8 Å². The maximum Gasteiger partial charge on any atom is 0.202 e. The third-order valence-electron chi connectivity index (χ3n) is 5.61. The summed E-state index contributed by atoms with van der Waals surface area (Å²) in [7, 11) is 0. The fraction of sp³-hybridized carbons (Fsp3) is 0.300. The number of aryl methyl sites for hydroxylation is 1. The quantitative estimate of drug-likeness (QED) is 0.498. The molecule has 0 amide bonds. The molecule has 2 aromatic carbocycles. The van der Waals surface area contributed by atoms with E-state index in [0.29, 0.717) is 30.4 Å². The summed E-state index contributed by atoms with van der Waals surface area (Å²) in [6, 6.07) is 3.85. The van der Waals surface area contributed by atoms with Crippen LogP contribution in [0.15, 0.2) is 18.2 Å². The minimum atomic E-state index is -0.960. The van der Waals surface area contributed by atoms with Gasteiger partial charge in [0.2, 0.25) is 5.78 Å². The van der Waals surface area contributed by atoms with Gasteiger partial charge in [0.25, 0.3) is 0 Å². The van der Waals surface area contributed by atoms with E-state index in [1.54, 1.807) is 6.07 Å². The highest BCUT2D eigenvalue weighted by molar-refractivity contribution is 6.31. The Morgan fingerprint density at radius 1 is 1.00 bits per heavy atom. The molecule has 4 N–H and O–H groups in total. The lowest BCUT2D eigenvalue weighted by molar-refractivity contribution is 0.0219. The van der Waals surface area contributed by atoms with Gasteiger partial charge in [-0.1, -0.05) is 6.92 Å². The molecule has 1 unspecified atom stereocenters. The Hall–Kier alpha value is -2.86. The van der Waals surface area contributed by atoms with Gasteiger partial charge in [0, 0.05) is 17.5 Å². The second-order valence-corrected chi connectivity index (χ2v) is 7.05. The summed E-state index contributed by atoms with van der Waals surface area (Å²) in [5.74, 6) is -2.47. The largest absolute Gasteiger partial charge is 0.507 e. The van der Waals surface area contributed by atoms with Gasteiger partial charge in [0.15, 0.2) is 5.78 Å². The number of hydrogen-bond acceptors (Lipinski definition) is 6. The molecule has 1 atom stereocenters. The van der Waals surface area contributed by atoms with Crippen LogP contribution in [0.5, 0.6) is 17.2 Å². The first-order valence-electron chi connectivity index (χ1n) is 8.52. The molecule has 0 saturated carbocycles. The lowest BCUT2D eigenvalue weighted by Crippen LogP contribution is -2.35. The summed E-state index contributed by atoms with van der Waals surface area (Å²) < 4.78 is 0. The van der Waals surface area contributed by atoms with E-state index in [1.807, 2.05) is 6.92 Å². The summed E-state index contributed by atoms with van der Waals surface area (Å²) in [5, 5.41) is 41.4. The van der Waals surface area contributed by atoms with Crippen molar-refractivity contribution in [3.05, 3.63) is 51.6 Å². The molecule has 2 aromatic rings. The zero-order valence-electron chi connectivity index (χ0n) is 14.2. The Morgan fingerprint density at radius 3 is 2.23 bits per heavy atom. The van der Waals surface area contributed by atoms with Crippen LogP contribution in [0, 0.1) is 0 Å². The molecule has 0 aliphatic heterocycles. The van der Waals surface area contributed by atoms with Crippen molar-refractivity contribution in [3.63, 3.8) is 0 Å². The minimum absolute atomic E-state index is 0.0154. The topological polar surface area (TPSA) is 115 Å². The second-order valence-electron chi connectivity index (χ2n) is 7.05. The molecule has 6 heteroatoms. The predicted molar refractivity (Wildman–Crippen MR) is 92.0 cm³/mol. The fourth-order valence-corrected chi connectivity index (χ4v) is 3.98. The monoisotopic (exact) mass is 354 g/mol. The first kappa shape index (κ1) is 16.6. The summed E-state index contributed by atoms with van der Waals surface area (Å²) >= 11 is 0. The normalized spacial score (nSPS) is 21.2. The maximum absolute atomic E-state index is 12.9. The molecule has 0 bridgehead atoms. The van der Waals surface area contributed by atoms with Crippen LogP contribution < -0.4 is 0 Å². The minimum Gasteiger partial charge on any atom is -0.507 e. The summed E-state index contributed by atoms with van der Waals surface area (Å²) in [6.07, 6.45) is 1.67. The number of benzene rings is 2. The lowest BCUT2D eigenvalue weighted by Gasteiger charge is -2.34. The van der Waals surface area contributed by atoms with E-state index in [2.05, 4.69) is 0 Å². The number of phenolic OH excluding ortho intramolecular Hbond substituents is 3. The van der Waals surface area contributed by atoms with Crippen molar-refractivity contribution in [1.82, 2.24) is 0 Å². The number of carbonyl (C=O) groups is 2. The van der Waals surface area contributed by atoms with Crippen molar-refractivity contribution in [3.8, 4) is 17.2 Å². The molecule has 0 fully saturated rings. The Balaban J connectivity index is 1.98. The van der Waals surface area contributed by atoms with E-state index in [4.69, 9.17) is 0 Å². The molecular formula is C20H18O6. The zero-order chi connectivity index (χ0) is 18.8. The van der Waals surface area contributed by atoms with Crippen LogP contribution in [0.2, 0.25) is 0 Å². The van der Waals surface area contributed by atoms with E-state index in [0.717, 1.165) is 12.1 Å². The molecule has 0 radical (unpaired) electrons. The molecule has 0 aromatic heterocycles. The smallest absolute Gasteiger partial charge is 0.202 e. The standard InChI is InChI=1S/C20H18O6/c1-2-20(26)6-5-9-7-10-14(18(24)11(9)8-20)19(25)16-13(22)4-3-12(21)15(16)17(10)23/h3-4,7,21-22,24,26H,2,5-6,8H2,1H3. The average Bonchev–Trinajstić information content (AvgIpc) is 2.62. The van der Waals surface area contributed by atoms with Gasteiger partial charge in [-0.25, -0.2) is 0 Å². The molecule has 6 nitrogen and oxygen atoms in total. The van der Waals surface area contributed by atoms with E-state index in [1.165, 1.54) is 0 Å². The third-order valence-corrected chi connectivity index (χ3v) is 5.61. The number of rotatable bonds is 1. The van der Waals surface area contributed by atoms with Crippen molar-refractivity contribution in [1.29, 1.82) is 0 Å². The number of ketones is 2. The highest BCUT2D eigenvalue weighted by atomic mass is 16.3. The molecule has 26 heavy (non-hydrogen) atoms. The zero-order valence-corrected chi connectivity index (χ0v) is 14.2. The molecule has 0 spiro atoms. The summed E-state index contributed by atoms with van der Waals surface area (Å²) in [5.41, 5.74) is -0.503. The van der Waals surface area contributed by atoms with Crippen LogP contribution in [0.4, 0.5) is 0 Å². The summed E-state index contributed by atoms with van der Waals surface area (Å²) in [4.78, 5) is 25.8. The Morgan fingerprint density at radius 2 is 1.62 bits per heavy atom. The highest BCUT2D eigenvalue weighted by Crippen LogP contribution is 2.45. The molecule has 0 saturated heterocycles. The van der Waals surface area contributed by atoms with Gasteiger partial charge in [0.1, 0.15) is 17.2 Å². The van der Waals surface area contributed by atoms with Crippen LogP contribution in [0.3, 0.4) is 0 Å². The van der Waals surface area contributed by atoms with Crippen molar-refractivity contribution < 1.29 is 30.0 Å². The van der Waals surface area contributed by atoms with Crippen LogP contribution >= 0.6 is 0 Å². The Bertz CT molecular complexity index is 991. The van der Waals surface area contributed by atoms with Crippen molar-refractivity contribution in [2.24, 2.45) is 0 Å². The molecule has 0 heterocycles. The SMILES string of the molecule is CCC1(O)CCc2cc3c(c(O)c2C1)C(=O)c1c(O)ccc(O)c1C3=O. The Kier molecular flexibility index (Phi) is 3.39. The first-order valence-corrected chi connectivity index (χ1v) is 8.52. The van der Waals surface area contributed by atoms with E-state index in [9.17, 15) is 30.0 Å². The molecule has 134 valence electrons. The maximum atomic E-state index is 12.9. The number of fused-ring (bicyclic) bond motifs is 3. The van der Waals surface area contributed by atoms with Gasteiger partial charge in [-0.05, 0) is 43.0 Å². The fourth-order valence-electron chi connectivity index (χ4n) is 3.98. The van der Waals surface area contributed by atoms with Gasteiger partial charge in [-0.15, -0.1) is 0 Å². The molecule has 2 aliphatic rings.